The molecular formula is C24H25ClFN3O3S. The van der Waals surface area contributed by atoms with E-state index in [1.165, 1.54) is 30.3 Å². The number of amides is 1. The molecule has 174 valence electrons. The molecule has 3 aromatic rings. The second-order valence-electron chi connectivity index (χ2n) is 7.70. The highest BCUT2D eigenvalue weighted by Crippen LogP contribution is 2.23. The standard InChI is InChI=1S/C24H25ClFN3O3S/c1-29(2)22(18-9-6-10-20(26)13-18)16-27-24(30)19-11-12-21(25)23(14-19)33(31,32)28-15-17-7-4-3-5-8-17/h3-14,22,28H,15-16H2,1-2H3,(H,27,30)/t22-/m0/s1. The fourth-order valence-corrected chi connectivity index (χ4v) is 4.85. The lowest BCUT2D eigenvalue weighted by Crippen LogP contribution is -2.34. The van der Waals surface area contributed by atoms with Gasteiger partial charge in [0.15, 0.2) is 0 Å². The van der Waals surface area contributed by atoms with Gasteiger partial charge in [0.05, 0.1) is 11.1 Å². The van der Waals surface area contributed by atoms with E-state index >= 15 is 0 Å². The van der Waals surface area contributed by atoms with Crippen molar-refractivity contribution in [2.75, 3.05) is 20.6 Å². The van der Waals surface area contributed by atoms with E-state index in [1.807, 2.05) is 37.2 Å². The molecule has 0 unspecified atom stereocenters. The average molecular weight is 490 g/mol. The highest BCUT2D eigenvalue weighted by molar-refractivity contribution is 7.89. The van der Waals surface area contributed by atoms with Crippen molar-refractivity contribution in [2.45, 2.75) is 17.5 Å². The predicted molar refractivity (Wildman–Crippen MR) is 127 cm³/mol. The summed E-state index contributed by atoms with van der Waals surface area (Å²) in [6.07, 6.45) is 0. The van der Waals surface area contributed by atoms with Gasteiger partial charge in [-0.2, -0.15) is 0 Å². The average Bonchev–Trinajstić information content (AvgIpc) is 2.78. The van der Waals surface area contributed by atoms with E-state index in [-0.39, 0.29) is 40.4 Å². The molecule has 33 heavy (non-hydrogen) atoms. The largest absolute Gasteiger partial charge is 0.350 e. The molecule has 0 spiro atoms. The van der Waals surface area contributed by atoms with Crippen molar-refractivity contribution in [1.29, 1.82) is 0 Å². The van der Waals surface area contributed by atoms with Crippen LogP contribution in [0.4, 0.5) is 4.39 Å². The number of rotatable bonds is 9. The van der Waals surface area contributed by atoms with Gasteiger partial charge in [0.2, 0.25) is 10.0 Å². The van der Waals surface area contributed by atoms with Gasteiger partial charge in [-0.15, -0.1) is 0 Å². The first-order valence-corrected chi connectivity index (χ1v) is 12.1. The normalized spacial score (nSPS) is 12.5. The van der Waals surface area contributed by atoms with E-state index in [0.717, 1.165) is 5.56 Å². The minimum atomic E-state index is -3.95. The number of hydrogen-bond donors (Lipinski definition) is 2. The van der Waals surface area contributed by atoms with Crippen LogP contribution < -0.4 is 10.0 Å². The third-order valence-corrected chi connectivity index (χ3v) is 6.99. The van der Waals surface area contributed by atoms with Crippen molar-refractivity contribution in [1.82, 2.24) is 14.9 Å². The Hall–Kier alpha value is -2.78. The lowest BCUT2D eigenvalue weighted by Gasteiger charge is -2.25. The number of nitrogens with zero attached hydrogens (tertiary/aromatic N) is 1. The van der Waals surface area contributed by atoms with Crippen molar-refractivity contribution < 1.29 is 17.6 Å². The maximum atomic E-state index is 13.6. The number of carbonyl (C=O) groups is 1. The molecule has 0 aliphatic heterocycles. The first-order chi connectivity index (χ1) is 15.7. The molecule has 0 saturated carbocycles. The number of benzene rings is 3. The topological polar surface area (TPSA) is 78.5 Å². The molecule has 2 N–H and O–H groups in total. The SMILES string of the molecule is CN(C)[C@@H](CNC(=O)c1ccc(Cl)c(S(=O)(=O)NCc2ccccc2)c1)c1cccc(F)c1. The molecule has 0 aliphatic rings. The van der Waals surface area contributed by atoms with Crippen molar-refractivity contribution >= 4 is 27.5 Å². The van der Waals surface area contributed by atoms with Crippen molar-refractivity contribution in [3.8, 4) is 0 Å². The zero-order valence-electron chi connectivity index (χ0n) is 18.3. The zero-order chi connectivity index (χ0) is 24.0. The van der Waals surface area contributed by atoms with Crippen LogP contribution in [0.3, 0.4) is 0 Å². The van der Waals surface area contributed by atoms with Gasteiger partial charge in [0.25, 0.3) is 5.91 Å². The Morgan fingerprint density at radius 1 is 1.03 bits per heavy atom. The molecule has 0 saturated heterocycles. The molecular weight excluding hydrogens is 465 g/mol. The van der Waals surface area contributed by atoms with E-state index in [0.29, 0.717) is 5.56 Å². The second kappa shape index (κ2) is 10.9. The van der Waals surface area contributed by atoms with Crippen molar-refractivity contribution in [2.24, 2.45) is 0 Å². The summed E-state index contributed by atoms with van der Waals surface area (Å²) in [7, 11) is -0.296. The molecule has 0 fully saturated rings. The Balaban J connectivity index is 1.74. The molecule has 0 bridgehead atoms. The summed E-state index contributed by atoms with van der Waals surface area (Å²) in [5, 5.41) is 2.81. The predicted octanol–water partition coefficient (Wildman–Crippen LogP) is 3.99. The van der Waals surface area contributed by atoms with Gasteiger partial charge in [-0.05, 0) is 55.6 Å². The van der Waals surface area contributed by atoms with Crippen LogP contribution in [0.5, 0.6) is 0 Å². The molecule has 0 aliphatic carbocycles. The van der Waals surface area contributed by atoms with Crippen LogP contribution in [0.1, 0.15) is 27.5 Å². The van der Waals surface area contributed by atoms with E-state index in [4.69, 9.17) is 11.6 Å². The smallest absolute Gasteiger partial charge is 0.251 e. The third-order valence-electron chi connectivity index (χ3n) is 5.10. The van der Waals surface area contributed by atoms with E-state index < -0.39 is 15.9 Å². The summed E-state index contributed by atoms with van der Waals surface area (Å²) in [6, 6.07) is 19.0. The fourth-order valence-electron chi connectivity index (χ4n) is 3.31. The molecule has 3 rings (SSSR count). The molecule has 0 aromatic heterocycles. The maximum Gasteiger partial charge on any atom is 0.251 e. The van der Waals surface area contributed by atoms with Crippen LogP contribution >= 0.6 is 11.6 Å². The van der Waals surface area contributed by atoms with Crippen LogP contribution in [-0.2, 0) is 16.6 Å². The monoisotopic (exact) mass is 489 g/mol. The van der Waals surface area contributed by atoms with Gasteiger partial charge in [0.1, 0.15) is 10.7 Å². The lowest BCUT2D eigenvalue weighted by molar-refractivity contribution is 0.0941. The van der Waals surface area contributed by atoms with Gasteiger partial charge in [-0.1, -0.05) is 54.1 Å². The van der Waals surface area contributed by atoms with Crippen LogP contribution in [0.15, 0.2) is 77.7 Å². The van der Waals surface area contributed by atoms with Gasteiger partial charge in [-0.3, -0.25) is 4.79 Å². The Morgan fingerprint density at radius 3 is 2.42 bits per heavy atom. The maximum absolute atomic E-state index is 13.6. The van der Waals surface area contributed by atoms with Crippen LogP contribution in [0.2, 0.25) is 5.02 Å². The van der Waals surface area contributed by atoms with Gasteiger partial charge < -0.3 is 10.2 Å². The molecule has 6 nitrogen and oxygen atoms in total. The van der Waals surface area contributed by atoms with Crippen LogP contribution in [-0.4, -0.2) is 39.9 Å². The molecule has 0 heterocycles. The number of likely N-dealkylation sites (N-methyl/N-ethyl adjacent to an activating group) is 1. The highest BCUT2D eigenvalue weighted by atomic mass is 35.5. The summed E-state index contributed by atoms with van der Waals surface area (Å²) < 4.78 is 41.8. The molecule has 3 aromatic carbocycles. The summed E-state index contributed by atoms with van der Waals surface area (Å²) in [5.74, 6) is -0.823. The zero-order valence-corrected chi connectivity index (χ0v) is 19.8. The number of halogens is 2. The second-order valence-corrected chi connectivity index (χ2v) is 9.84. The molecule has 1 amide bonds. The third kappa shape index (κ3) is 6.61. The molecule has 0 radical (unpaired) electrons. The van der Waals surface area contributed by atoms with Crippen molar-refractivity contribution in [3.63, 3.8) is 0 Å². The lowest BCUT2D eigenvalue weighted by atomic mass is 10.1. The summed E-state index contributed by atoms with van der Waals surface area (Å²) in [5.41, 5.74) is 1.65. The first kappa shape index (κ1) is 24.9. The van der Waals surface area contributed by atoms with Gasteiger partial charge >= 0.3 is 0 Å². The highest BCUT2D eigenvalue weighted by Gasteiger charge is 2.21. The minimum Gasteiger partial charge on any atom is -0.350 e. The van der Waals surface area contributed by atoms with Gasteiger partial charge in [-0.25, -0.2) is 17.5 Å². The Bertz CT molecular complexity index is 1220. The van der Waals surface area contributed by atoms with Crippen LogP contribution in [0, 0.1) is 5.82 Å². The Kier molecular flexibility index (Phi) is 8.20. The number of sulfonamides is 1. The van der Waals surface area contributed by atoms with E-state index in [2.05, 4.69) is 10.0 Å². The van der Waals surface area contributed by atoms with Crippen molar-refractivity contribution in [3.05, 3.63) is 100 Å². The van der Waals surface area contributed by atoms with E-state index in [1.54, 1.807) is 24.3 Å². The fraction of sp³-hybridized carbons (Fsp3) is 0.208. The molecule has 1 atom stereocenters. The summed E-state index contributed by atoms with van der Waals surface area (Å²) in [4.78, 5) is 14.5. The first-order valence-electron chi connectivity index (χ1n) is 10.2. The Labute approximate surface area is 198 Å². The summed E-state index contributed by atoms with van der Waals surface area (Å²) >= 11 is 6.14. The number of carbonyl (C=O) groups excluding carboxylic acids is 1. The number of nitrogens with one attached hydrogen (secondary N) is 2. The quantitative estimate of drug-likeness (QED) is 0.476. The van der Waals surface area contributed by atoms with E-state index in [9.17, 15) is 17.6 Å². The number of hydrogen-bond acceptors (Lipinski definition) is 4. The van der Waals surface area contributed by atoms with Gasteiger partial charge in [0, 0.05) is 18.7 Å². The summed E-state index contributed by atoms with van der Waals surface area (Å²) in [6.45, 7) is 0.292. The molecule has 9 heteroatoms. The van der Waals surface area contributed by atoms with Crippen LogP contribution in [0.25, 0.3) is 0 Å². The minimum absolute atomic E-state index is 0.0121. The Morgan fingerprint density at radius 2 is 1.76 bits per heavy atom.